The van der Waals surface area contributed by atoms with Gasteiger partial charge in [0, 0.05) is 22.0 Å². The minimum Gasteiger partial charge on any atom is -0.496 e. The molecular weight excluding hydrogens is 258 g/mol. The zero-order chi connectivity index (χ0) is 13.2. The fourth-order valence-electron chi connectivity index (χ4n) is 2.11. The summed E-state index contributed by atoms with van der Waals surface area (Å²) in [6.07, 6.45) is 0. The summed E-state index contributed by atoms with van der Waals surface area (Å²) in [4.78, 5) is 4.66. The average Bonchev–Trinajstić information content (AvgIpc) is 2.46. The van der Waals surface area contributed by atoms with Crippen molar-refractivity contribution in [2.24, 2.45) is 0 Å². The van der Waals surface area contributed by atoms with Crippen molar-refractivity contribution in [3.05, 3.63) is 59.6 Å². The van der Waals surface area contributed by atoms with Crippen LogP contribution in [0.2, 0.25) is 5.02 Å². The van der Waals surface area contributed by atoms with Crippen LogP contribution in [0.3, 0.4) is 0 Å². The Balaban J connectivity index is 2.25. The molecule has 0 radical (unpaired) electrons. The van der Waals surface area contributed by atoms with Gasteiger partial charge in [-0.2, -0.15) is 0 Å². The van der Waals surface area contributed by atoms with Crippen molar-refractivity contribution in [2.45, 2.75) is 0 Å². The lowest BCUT2D eigenvalue weighted by molar-refractivity contribution is 0.419. The lowest BCUT2D eigenvalue weighted by Gasteiger charge is -2.08. The molecule has 0 unspecified atom stereocenters. The zero-order valence-corrected chi connectivity index (χ0v) is 11.2. The Morgan fingerprint density at radius 2 is 1.84 bits per heavy atom. The number of fused-ring (bicyclic) bond motifs is 1. The average molecular weight is 270 g/mol. The highest BCUT2D eigenvalue weighted by atomic mass is 35.5. The Kier molecular flexibility index (Phi) is 3.10. The van der Waals surface area contributed by atoms with Gasteiger partial charge in [0.2, 0.25) is 0 Å². The number of pyridine rings is 1. The zero-order valence-electron chi connectivity index (χ0n) is 10.4. The molecule has 0 aliphatic carbocycles. The number of nitrogens with zero attached hydrogens (tertiary/aromatic N) is 1. The Hall–Kier alpha value is -2.06. The molecule has 0 atom stereocenters. The van der Waals surface area contributed by atoms with Crippen LogP contribution in [0.4, 0.5) is 0 Å². The molecular formula is C16H12ClNO. The van der Waals surface area contributed by atoms with E-state index in [1.165, 1.54) is 0 Å². The maximum atomic E-state index is 6.03. The molecule has 0 saturated carbocycles. The van der Waals surface area contributed by atoms with Crippen molar-refractivity contribution in [3.63, 3.8) is 0 Å². The summed E-state index contributed by atoms with van der Waals surface area (Å²) in [5.41, 5.74) is 2.76. The van der Waals surface area contributed by atoms with Gasteiger partial charge < -0.3 is 4.74 Å². The smallest absolute Gasteiger partial charge is 0.130 e. The van der Waals surface area contributed by atoms with E-state index >= 15 is 0 Å². The molecule has 0 aliphatic rings. The first-order valence-electron chi connectivity index (χ1n) is 5.97. The highest BCUT2D eigenvalue weighted by Gasteiger charge is 2.07. The number of benzene rings is 2. The van der Waals surface area contributed by atoms with E-state index < -0.39 is 0 Å². The van der Waals surface area contributed by atoms with Crippen molar-refractivity contribution >= 4 is 22.5 Å². The summed E-state index contributed by atoms with van der Waals surface area (Å²) in [6, 6.07) is 17.5. The van der Waals surface area contributed by atoms with Gasteiger partial charge in [-0.1, -0.05) is 35.9 Å². The molecule has 2 aromatic carbocycles. The molecule has 1 aromatic heterocycles. The largest absolute Gasteiger partial charge is 0.496 e. The summed E-state index contributed by atoms with van der Waals surface area (Å²) >= 11 is 6.03. The van der Waals surface area contributed by atoms with Crippen LogP contribution in [0.1, 0.15) is 0 Å². The molecule has 1 heterocycles. The Bertz CT molecular complexity index is 740. The normalized spacial score (nSPS) is 10.6. The quantitative estimate of drug-likeness (QED) is 0.680. The first kappa shape index (κ1) is 12.0. The third-order valence-electron chi connectivity index (χ3n) is 3.02. The van der Waals surface area contributed by atoms with E-state index in [4.69, 9.17) is 16.3 Å². The molecule has 0 N–H and O–H groups in total. The molecule has 3 aromatic rings. The fraction of sp³-hybridized carbons (Fsp3) is 0.0625. The van der Waals surface area contributed by atoms with Crippen LogP contribution in [-0.4, -0.2) is 12.1 Å². The Labute approximate surface area is 116 Å². The first-order chi connectivity index (χ1) is 9.28. The van der Waals surface area contributed by atoms with Crippen molar-refractivity contribution < 1.29 is 4.74 Å². The SMILES string of the molecule is COc1cc(-c2cccc(Cl)c2)nc2ccccc12. The Morgan fingerprint density at radius 1 is 1.00 bits per heavy atom. The molecule has 0 amide bonds. The fourth-order valence-corrected chi connectivity index (χ4v) is 2.30. The number of rotatable bonds is 2. The van der Waals surface area contributed by atoms with Gasteiger partial charge in [0.25, 0.3) is 0 Å². The van der Waals surface area contributed by atoms with Crippen LogP contribution in [0.15, 0.2) is 54.6 Å². The lowest BCUT2D eigenvalue weighted by atomic mass is 10.1. The van der Waals surface area contributed by atoms with Crippen molar-refractivity contribution in [3.8, 4) is 17.0 Å². The van der Waals surface area contributed by atoms with Gasteiger partial charge >= 0.3 is 0 Å². The van der Waals surface area contributed by atoms with Crippen LogP contribution in [0.25, 0.3) is 22.2 Å². The summed E-state index contributed by atoms with van der Waals surface area (Å²) in [5, 5.41) is 1.71. The van der Waals surface area contributed by atoms with Gasteiger partial charge in [0.05, 0.1) is 18.3 Å². The van der Waals surface area contributed by atoms with E-state index in [1.54, 1.807) is 7.11 Å². The number of halogens is 1. The molecule has 0 aliphatic heterocycles. The predicted molar refractivity (Wildman–Crippen MR) is 78.7 cm³/mol. The monoisotopic (exact) mass is 269 g/mol. The van der Waals surface area contributed by atoms with Gasteiger partial charge in [0.15, 0.2) is 0 Å². The van der Waals surface area contributed by atoms with Gasteiger partial charge in [0.1, 0.15) is 5.75 Å². The highest BCUT2D eigenvalue weighted by molar-refractivity contribution is 6.30. The summed E-state index contributed by atoms with van der Waals surface area (Å²) < 4.78 is 5.45. The second-order valence-corrected chi connectivity index (χ2v) is 4.67. The lowest BCUT2D eigenvalue weighted by Crippen LogP contribution is -1.90. The molecule has 0 saturated heterocycles. The minimum absolute atomic E-state index is 0.700. The number of methoxy groups -OCH3 is 1. The van der Waals surface area contributed by atoms with E-state index in [2.05, 4.69) is 4.98 Å². The van der Waals surface area contributed by atoms with Crippen LogP contribution in [0.5, 0.6) is 5.75 Å². The standard InChI is InChI=1S/C16H12ClNO/c1-19-16-10-15(11-5-4-6-12(17)9-11)18-14-8-3-2-7-13(14)16/h2-10H,1H3. The number of hydrogen-bond donors (Lipinski definition) is 0. The minimum atomic E-state index is 0.700. The van der Waals surface area contributed by atoms with E-state index in [1.807, 2.05) is 54.6 Å². The second kappa shape index (κ2) is 4.90. The Morgan fingerprint density at radius 3 is 2.63 bits per heavy atom. The number of ether oxygens (including phenoxy) is 1. The summed E-state index contributed by atoms with van der Waals surface area (Å²) in [6.45, 7) is 0. The first-order valence-corrected chi connectivity index (χ1v) is 6.35. The van der Waals surface area contributed by atoms with Crippen LogP contribution >= 0.6 is 11.6 Å². The van der Waals surface area contributed by atoms with Crippen molar-refractivity contribution in [1.29, 1.82) is 0 Å². The third kappa shape index (κ3) is 2.27. The molecule has 19 heavy (non-hydrogen) atoms. The van der Waals surface area contributed by atoms with Crippen LogP contribution in [-0.2, 0) is 0 Å². The maximum absolute atomic E-state index is 6.03. The predicted octanol–water partition coefficient (Wildman–Crippen LogP) is 4.56. The van der Waals surface area contributed by atoms with E-state index in [0.717, 1.165) is 27.9 Å². The number of aromatic nitrogens is 1. The van der Waals surface area contributed by atoms with Crippen LogP contribution in [0, 0.1) is 0 Å². The molecule has 0 fully saturated rings. The van der Waals surface area contributed by atoms with E-state index in [-0.39, 0.29) is 0 Å². The molecule has 2 nitrogen and oxygen atoms in total. The molecule has 3 heteroatoms. The highest BCUT2D eigenvalue weighted by Crippen LogP contribution is 2.30. The topological polar surface area (TPSA) is 22.1 Å². The molecule has 94 valence electrons. The van der Waals surface area contributed by atoms with Crippen LogP contribution < -0.4 is 4.74 Å². The molecule has 3 rings (SSSR count). The molecule has 0 spiro atoms. The number of hydrogen-bond acceptors (Lipinski definition) is 2. The summed E-state index contributed by atoms with van der Waals surface area (Å²) in [5.74, 6) is 0.820. The van der Waals surface area contributed by atoms with Gasteiger partial charge in [-0.3, -0.25) is 0 Å². The van der Waals surface area contributed by atoms with E-state index in [9.17, 15) is 0 Å². The van der Waals surface area contributed by atoms with Gasteiger partial charge in [-0.25, -0.2) is 4.98 Å². The molecule has 0 bridgehead atoms. The van der Waals surface area contributed by atoms with Gasteiger partial charge in [-0.05, 0) is 24.3 Å². The maximum Gasteiger partial charge on any atom is 0.130 e. The van der Waals surface area contributed by atoms with E-state index in [0.29, 0.717) is 5.02 Å². The second-order valence-electron chi connectivity index (χ2n) is 4.24. The summed E-state index contributed by atoms with van der Waals surface area (Å²) in [7, 11) is 1.67. The van der Waals surface area contributed by atoms with Gasteiger partial charge in [-0.15, -0.1) is 0 Å². The number of para-hydroxylation sites is 1. The van der Waals surface area contributed by atoms with Crippen molar-refractivity contribution in [2.75, 3.05) is 7.11 Å². The third-order valence-corrected chi connectivity index (χ3v) is 3.25. The van der Waals surface area contributed by atoms with Crippen molar-refractivity contribution in [1.82, 2.24) is 4.98 Å².